The minimum absolute atomic E-state index is 0.0982. The highest BCUT2D eigenvalue weighted by Gasteiger charge is 2.24. The van der Waals surface area contributed by atoms with Crippen LogP contribution in [-0.2, 0) is 10.0 Å². The Balaban J connectivity index is 1.81. The molecule has 152 valence electrons. The number of anilines is 3. The molecular formula is C16H21N5O4S3. The molecular weight excluding hydrogens is 422 g/mol. The molecule has 0 radical (unpaired) electrons. The first kappa shape index (κ1) is 20.6. The van der Waals surface area contributed by atoms with Gasteiger partial charge in [0.15, 0.2) is 21.6 Å². The second kappa shape index (κ2) is 8.47. The molecule has 0 unspecified atom stereocenters. The van der Waals surface area contributed by atoms with E-state index in [2.05, 4.69) is 24.1 Å². The molecule has 0 amide bonds. The van der Waals surface area contributed by atoms with E-state index in [-0.39, 0.29) is 28.2 Å². The van der Waals surface area contributed by atoms with E-state index in [4.69, 9.17) is 4.42 Å². The van der Waals surface area contributed by atoms with Gasteiger partial charge in [0.25, 0.3) is 10.0 Å². The minimum Gasteiger partial charge on any atom is -0.504 e. The molecule has 0 bridgehead atoms. The predicted octanol–water partition coefficient (Wildman–Crippen LogP) is 3.81. The van der Waals surface area contributed by atoms with Crippen LogP contribution in [0.25, 0.3) is 0 Å². The van der Waals surface area contributed by atoms with Gasteiger partial charge in [0.2, 0.25) is 0 Å². The molecule has 0 aliphatic carbocycles. The lowest BCUT2D eigenvalue weighted by Gasteiger charge is -2.15. The smallest absolute Gasteiger partial charge is 0.253 e. The normalized spacial score (nSPS) is 12.8. The molecule has 0 saturated carbocycles. The first-order valence-electron chi connectivity index (χ1n) is 8.58. The molecule has 0 aliphatic heterocycles. The van der Waals surface area contributed by atoms with Crippen molar-refractivity contribution in [2.24, 2.45) is 0 Å². The number of furan rings is 1. The maximum Gasteiger partial charge on any atom is 0.253 e. The Hall–Kier alpha value is -2.15. The molecule has 0 saturated heterocycles. The zero-order chi connectivity index (χ0) is 20.3. The highest BCUT2D eigenvalue weighted by molar-refractivity contribution is 7.91. The van der Waals surface area contributed by atoms with Gasteiger partial charge in [-0.15, -0.1) is 11.3 Å². The molecule has 9 nitrogen and oxygen atoms in total. The highest BCUT2D eigenvalue weighted by Crippen LogP contribution is 2.40. The summed E-state index contributed by atoms with van der Waals surface area (Å²) in [7, 11) is -3.75. The van der Waals surface area contributed by atoms with Crippen LogP contribution in [0.3, 0.4) is 0 Å². The third-order valence-corrected chi connectivity index (χ3v) is 7.46. The molecule has 0 spiro atoms. The number of nitrogens with one attached hydrogen (secondary N) is 3. The summed E-state index contributed by atoms with van der Waals surface area (Å²) in [5, 5.41) is 18.1. The number of aromatic nitrogens is 2. The average Bonchev–Trinajstić information content (AvgIpc) is 3.35. The number of aromatic hydroxyl groups is 1. The Labute approximate surface area is 171 Å². The van der Waals surface area contributed by atoms with Crippen molar-refractivity contribution < 1.29 is 17.9 Å². The monoisotopic (exact) mass is 443 g/mol. The van der Waals surface area contributed by atoms with Gasteiger partial charge in [-0.3, -0.25) is 0 Å². The number of nitrogens with zero attached hydrogens (tertiary/aromatic N) is 2. The summed E-state index contributed by atoms with van der Waals surface area (Å²) in [5.41, 5.74) is 0.249. The summed E-state index contributed by atoms with van der Waals surface area (Å²) >= 11 is 1.93. The molecule has 3 rings (SSSR count). The van der Waals surface area contributed by atoms with Gasteiger partial charge >= 0.3 is 0 Å². The summed E-state index contributed by atoms with van der Waals surface area (Å²) in [6.07, 6.45) is 0.763. The third-order valence-electron chi connectivity index (χ3n) is 3.88. The zero-order valence-corrected chi connectivity index (χ0v) is 18.0. The van der Waals surface area contributed by atoms with Gasteiger partial charge in [-0.25, -0.2) is 13.1 Å². The van der Waals surface area contributed by atoms with Crippen LogP contribution in [0.5, 0.6) is 5.75 Å². The van der Waals surface area contributed by atoms with Crippen molar-refractivity contribution in [1.29, 1.82) is 0 Å². The second-order valence-corrected chi connectivity index (χ2v) is 9.30. The summed E-state index contributed by atoms with van der Waals surface area (Å²) in [6, 6.07) is 3.71. The lowest BCUT2D eigenvalue weighted by Crippen LogP contribution is -2.22. The number of sulfonamides is 1. The molecule has 28 heavy (non-hydrogen) atoms. The minimum atomic E-state index is -3.75. The van der Waals surface area contributed by atoms with Crippen molar-refractivity contribution in [3.05, 3.63) is 29.0 Å². The number of aryl methyl sites for hydroxylation is 1. The van der Waals surface area contributed by atoms with Gasteiger partial charge in [0, 0.05) is 11.9 Å². The van der Waals surface area contributed by atoms with E-state index >= 15 is 0 Å². The molecule has 3 aromatic rings. The average molecular weight is 444 g/mol. The standard InChI is InChI=1S/C16H21N5O4S3/c1-4-10(12-7-6-9(3)25-12)18-14-15(21-27-20-14)19-11-8-26-16(13(11)22)28(23,24)17-5-2/h6-8,10,17,22H,4-5H2,1-3H3,(H,18,20)(H,19,21)/t10-/m1/s1. The zero-order valence-electron chi connectivity index (χ0n) is 15.5. The molecule has 3 heterocycles. The Bertz CT molecular complexity index is 1040. The van der Waals surface area contributed by atoms with Gasteiger partial charge in [-0.1, -0.05) is 13.8 Å². The third kappa shape index (κ3) is 4.29. The molecule has 12 heteroatoms. The Kier molecular flexibility index (Phi) is 6.23. The van der Waals surface area contributed by atoms with Crippen molar-refractivity contribution >= 4 is 50.4 Å². The fraction of sp³-hybridized carbons (Fsp3) is 0.375. The van der Waals surface area contributed by atoms with Gasteiger partial charge in [0.1, 0.15) is 11.5 Å². The summed E-state index contributed by atoms with van der Waals surface area (Å²) < 4.78 is 40.6. The first-order chi connectivity index (χ1) is 13.4. The van der Waals surface area contributed by atoms with Crippen molar-refractivity contribution in [3.63, 3.8) is 0 Å². The van der Waals surface area contributed by atoms with Crippen LogP contribution in [0.2, 0.25) is 0 Å². The predicted molar refractivity (Wildman–Crippen MR) is 110 cm³/mol. The van der Waals surface area contributed by atoms with Crippen LogP contribution in [0.1, 0.15) is 37.8 Å². The summed E-state index contributed by atoms with van der Waals surface area (Å²) in [4.78, 5) is 0. The van der Waals surface area contributed by atoms with Crippen LogP contribution in [0, 0.1) is 6.92 Å². The van der Waals surface area contributed by atoms with E-state index in [1.165, 1.54) is 5.38 Å². The number of rotatable bonds is 9. The first-order valence-corrected chi connectivity index (χ1v) is 11.7. The molecule has 3 aromatic heterocycles. The number of thiophene rings is 1. The lowest BCUT2D eigenvalue weighted by molar-refractivity contribution is 0.452. The van der Waals surface area contributed by atoms with Crippen LogP contribution in [0.15, 0.2) is 26.1 Å². The van der Waals surface area contributed by atoms with Gasteiger partial charge in [-0.2, -0.15) is 8.75 Å². The van der Waals surface area contributed by atoms with Gasteiger partial charge < -0.3 is 20.2 Å². The molecule has 0 aromatic carbocycles. The Morgan fingerprint density at radius 2 is 2.00 bits per heavy atom. The molecule has 1 atom stereocenters. The van der Waals surface area contributed by atoms with E-state index in [1.54, 1.807) is 6.92 Å². The molecule has 4 N–H and O–H groups in total. The quantitative estimate of drug-likeness (QED) is 0.393. The van der Waals surface area contributed by atoms with Crippen LogP contribution in [-0.4, -0.2) is 28.8 Å². The number of hydrogen-bond acceptors (Lipinski definition) is 10. The van der Waals surface area contributed by atoms with Crippen LogP contribution >= 0.6 is 23.1 Å². The number of hydrogen-bond donors (Lipinski definition) is 4. The largest absolute Gasteiger partial charge is 0.504 e. The van der Waals surface area contributed by atoms with Gasteiger partial charge in [-0.05, 0) is 25.5 Å². The van der Waals surface area contributed by atoms with E-state index < -0.39 is 10.0 Å². The summed E-state index contributed by atoms with van der Waals surface area (Å²) in [5.74, 6) is 2.15. The SMILES string of the molecule is CCNS(=O)(=O)c1scc(Nc2nsnc2N[C@H](CC)c2ccc(C)o2)c1O. The topological polar surface area (TPSA) is 129 Å². The van der Waals surface area contributed by atoms with Crippen molar-refractivity contribution in [1.82, 2.24) is 13.5 Å². The second-order valence-electron chi connectivity index (χ2n) is 5.93. The fourth-order valence-corrected chi connectivity index (χ4v) is 5.34. The van der Waals surface area contributed by atoms with E-state index in [9.17, 15) is 13.5 Å². The lowest BCUT2D eigenvalue weighted by atomic mass is 10.2. The van der Waals surface area contributed by atoms with E-state index in [1.807, 2.05) is 26.0 Å². The summed E-state index contributed by atoms with van der Waals surface area (Å²) in [6.45, 7) is 5.80. The Morgan fingerprint density at radius 3 is 2.64 bits per heavy atom. The Morgan fingerprint density at radius 1 is 1.25 bits per heavy atom. The van der Waals surface area contributed by atoms with Crippen molar-refractivity contribution in [2.75, 3.05) is 17.2 Å². The van der Waals surface area contributed by atoms with Crippen LogP contribution in [0.4, 0.5) is 17.3 Å². The molecule has 0 aliphatic rings. The maximum absolute atomic E-state index is 12.1. The van der Waals surface area contributed by atoms with Crippen LogP contribution < -0.4 is 15.4 Å². The maximum atomic E-state index is 12.1. The van der Waals surface area contributed by atoms with E-state index in [0.29, 0.717) is 11.6 Å². The fourth-order valence-electron chi connectivity index (χ4n) is 2.54. The molecule has 0 fully saturated rings. The highest BCUT2D eigenvalue weighted by atomic mass is 32.2. The van der Waals surface area contributed by atoms with Gasteiger partial charge in [0.05, 0.1) is 23.5 Å². The van der Waals surface area contributed by atoms with Crippen molar-refractivity contribution in [2.45, 2.75) is 37.4 Å². The van der Waals surface area contributed by atoms with E-state index in [0.717, 1.165) is 41.0 Å². The van der Waals surface area contributed by atoms with Crippen molar-refractivity contribution in [3.8, 4) is 5.75 Å².